The first-order valence-corrected chi connectivity index (χ1v) is 4.38. The molecule has 0 aromatic rings. The lowest BCUT2D eigenvalue weighted by atomic mass is 10.1. The van der Waals surface area contributed by atoms with Gasteiger partial charge in [-0.3, -0.25) is 0 Å². The molecule has 0 atom stereocenters. The lowest BCUT2D eigenvalue weighted by Crippen LogP contribution is -1.77. The fourth-order valence-corrected chi connectivity index (χ4v) is 0.861. The second-order valence-corrected chi connectivity index (χ2v) is 2.65. The highest BCUT2D eigenvalue weighted by Crippen LogP contribution is 2.08. The summed E-state index contributed by atoms with van der Waals surface area (Å²) in [7, 11) is 0. The summed E-state index contributed by atoms with van der Waals surface area (Å²) in [4.78, 5) is 0. The van der Waals surface area contributed by atoms with Crippen molar-refractivity contribution in [3.8, 4) is 0 Å². The summed E-state index contributed by atoms with van der Waals surface area (Å²) >= 11 is 0. The van der Waals surface area contributed by atoms with Gasteiger partial charge in [-0.15, -0.1) is 0 Å². The molecular weight excluding hydrogens is 144 g/mol. The molecule has 0 rings (SSSR count). The third kappa shape index (κ3) is 3.97. The van der Waals surface area contributed by atoms with Gasteiger partial charge in [0.25, 0.3) is 0 Å². The van der Waals surface area contributed by atoms with Gasteiger partial charge in [0.1, 0.15) is 0 Å². The number of rotatable bonds is 4. The molecule has 0 heteroatoms. The van der Waals surface area contributed by atoms with Crippen molar-refractivity contribution < 1.29 is 0 Å². The van der Waals surface area contributed by atoms with E-state index in [2.05, 4.69) is 38.7 Å². The van der Waals surface area contributed by atoms with E-state index in [1.165, 1.54) is 11.1 Å². The van der Waals surface area contributed by atoms with Gasteiger partial charge >= 0.3 is 0 Å². The van der Waals surface area contributed by atoms with E-state index >= 15 is 0 Å². The zero-order valence-electron chi connectivity index (χ0n) is 8.30. The highest BCUT2D eigenvalue weighted by atomic mass is 13.9. The van der Waals surface area contributed by atoms with Gasteiger partial charge in [0, 0.05) is 0 Å². The quantitative estimate of drug-likeness (QED) is 0.547. The summed E-state index contributed by atoms with van der Waals surface area (Å²) in [5.41, 5.74) is 2.46. The molecule has 0 radical (unpaired) electrons. The molecule has 0 spiro atoms. The van der Waals surface area contributed by atoms with Crippen molar-refractivity contribution in [2.45, 2.75) is 27.2 Å². The van der Waals surface area contributed by atoms with Gasteiger partial charge < -0.3 is 0 Å². The average molecular weight is 162 g/mol. The minimum Gasteiger partial charge on any atom is -0.0988 e. The Morgan fingerprint density at radius 2 is 2.00 bits per heavy atom. The number of allylic oxidation sites excluding steroid dienone is 7. The fraction of sp³-hybridized carbons (Fsp3) is 0.333. The SMILES string of the molecule is C=C/C(C)=C(\C=C/C)/C=C\CC. The maximum Gasteiger partial charge on any atom is -0.0234 e. The van der Waals surface area contributed by atoms with Crippen LogP contribution in [0.5, 0.6) is 0 Å². The Kier molecular flexibility index (Phi) is 6.08. The standard InChI is InChI=1S/C12H18/c1-5-8-10-12(9-6-2)11(4)7-3/h6-10H,3,5H2,1-2,4H3/b9-6-,10-8-,12-11+. The topological polar surface area (TPSA) is 0 Å². The van der Waals surface area contributed by atoms with E-state index in [0.717, 1.165) is 6.42 Å². The first-order chi connectivity index (χ1) is 5.76. The molecule has 0 aliphatic heterocycles. The molecule has 0 nitrogen and oxygen atoms in total. The average Bonchev–Trinajstić information content (AvgIpc) is 2.11. The molecule has 12 heavy (non-hydrogen) atoms. The largest absolute Gasteiger partial charge is 0.0988 e. The van der Waals surface area contributed by atoms with E-state index in [0.29, 0.717) is 0 Å². The Bertz CT molecular complexity index is 214. The minimum absolute atomic E-state index is 1.07. The van der Waals surface area contributed by atoms with Crippen molar-refractivity contribution in [3.63, 3.8) is 0 Å². The fourth-order valence-electron chi connectivity index (χ4n) is 0.861. The van der Waals surface area contributed by atoms with E-state index in [1.807, 2.05) is 19.1 Å². The van der Waals surface area contributed by atoms with Gasteiger partial charge in [0.15, 0.2) is 0 Å². The van der Waals surface area contributed by atoms with E-state index in [1.54, 1.807) is 0 Å². The summed E-state index contributed by atoms with van der Waals surface area (Å²) in [6, 6.07) is 0. The van der Waals surface area contributed by atoms with Crippen LogP contribution in [0.3, 0.4) is 0 Å². The van der Waals surface area contributed by atoms with Crippen LogP contribution in [-0.2, 0) is 0 Å². The molecule has 0 heterocycles. The van der Waals surface area contributed by atoms with Crippen LogP contribution < -0.4 is 0 Å². The van der Waals surface area contributed by atoms with Crippen molar-refractivity contribution in [3.05, 3.63) is 48.1 Å². The van der Waals surface area contributed by atoms with Gasteiger partial charge in [0.2, 0.25) is 0 Å². The van der Waals surface area contributed by atoms with Crippen molar-refractivity contribution in [2.75, 3.05) is 0 Å². The first-order valence-electron chi connectivity index (χ1n) is 4.38. The van der Waals surface area contributed by atoms with E-state index in [9.17, 15) is 0 Å². The Morgan fingerprint density at radius 3 is 2.42 bits per heavy atom. The second-order valence-electron chi connectivity index (χ2n) is 2.65. The van der Waals surface area contributed by atoms with Gasteiger partial charge in [0.05, 0.1) is 0 Å². The van der Waals surface area contributed by atoms with E-state index in [-0.39, 0.29) is 0 Å². The van der Waals surface area contributed by atoms with Crippen LogP contribution in [0.4, 0.5) is 0 Å². The molecular formula is C12H18. The molecule has 0 aromatic heterocycles. The van der Waals surface area contributed by atoms with Crippen molar-refractivity contribution in [2.24, 2.45) is 0 Å². The molecule has 0 N–H and O–H groups in total. The molecule has 0 saturated heterocycles. The lowest BCUT2D eigenvalue weighted by Gasteiger charge is -1.97. The number of hydrogen-bond acceptors (Lipinski definition) is 0. The normalized spacial score (nSPS) is 13.9. The molecule has 66 valence electrons. The molecule has 0 unspecified atom stereocenters. The van der Waals surface area contributed by atoms with Crippen LogP contribution in [0.15, 0.2) is 48.1 Å². The zero-order chi connectivity index (χ0) is 9.40. The molecule has 0 aliphatic carbocycles. The minimum atomic E-state index is 1.07. The third-order valence-electron chi connectivity index (χ3n) is 1.64. The Hall–Kier alpha value is -1.04. The Balaban J connectivity index is 4.65. The van der Waals surface area contributed by atoms with Crippen LogP contribution in [0.25, 0.3) is 0 Å². The summed E-state index contributed by atoms with van der Waals surface area (Å²) in [5, 5.41) is 0. The first kappa shape index (κ1) is 11.0. The van der Waals surface area contributed by atoms with E-state index in [4.69, 9.17) is 0 Å². The van der Waals surface area contributed by atoms with Gasteiger partial charge in [-0.1, -0.05) is 43.9 Å². The lowest BCUT2D eigenvalue weighted by molar-refractivity contribution is 1.22. The van der Waals surface area contributed by atoms with Gasteiger partial charge in [-0.25, -0.2) is 0 Å². The third-order valence-corrected chi connectivity index (χ3v) is 1.64. The molecule has 0 amide bonds. The second kappa shape index (κ2) is 6.66. The van der Waals surface area contributed by atoms with Crippen molar-refractivity contribution >= 4 is 0 Å². The Morgan fingerprint density at radius 1 is 1.33 bits per heavy atom. The summed E-state index contributed by atoms with van der Waals surface area (Å²) < 4.78 is 0. The zero-order valence-corrected chi connectivity index (χ0v) is 8.30. The summed E-state index contributed by atoms with van der Waals surface area (Å²) in [6.07, 6.45) is 11.4. The highest BCUT2D eigenvalue weighted by molar-refractivity contribution is 5.38. The van der Waals surface area contributed by atoms with Gasteiger partial charge in [-0.2, -0.15) is 0 Å². The maximum atomic E-state index is 3.75. The predicted molar refractivity (Wildman–Crippen MR) is 57.1 cm³/mol. The monoisotopic (exact) mass is 162 g/mol. The summed E-state index contributed by atoms with van der Waals surface area (Å²) in [6.45, 7) is 9.97. The summed E-state index contributed by atoms with van der Waals surface area (Å²) in [5.74, 6) is 0. The van der Waals surface area contributed by atoms with Crippen LogP contribution >= 0.6 is 0 Å². The van der Waals surface area contributed by atoms with Crippen LogP contribution in [-0.4, -0.2) is 0 Å². The molecule has 0 aliphatic rings. The van der Waals surface area contributed by atoms with Crippen LogP contribution in [0.1, 0.15) is 27.2 Å². The smallest absolute Gasteiger partial charge is 0.0234 e. The molecule has 0 saturated carbocycles. The van der Waals surface area contributed by atoms with Gasteiger partial charge in [-0.05, 0) is 31.4 Å². The molecule has 0 bridgehead atoms. The van der Waals surface area contributed by atoms with Crippen LogP contribution in [0, 0.1) is 0 Å². The van der Waals surface area contributed by atoms with E-state index < -0.39 is 0 Å². The van der Waals surface area contributed by atoms with Crippen LogP contribution in [0.2, 0.25) is 0 Å². The predicted octanol–water partition coefficient (Wildman–Crippen LogP) is 4.03. The maximum absolute atomic E-state index is 3.75. The highest BCUT2D eigenvalue weighted by Gasteiger charge is 1.88. The molecule has 0 aromatic carbocycles. The van der Waals surface area contributed by atoms with Crippen molar-refractivity contribution in [1.29, 1.82) is 0 Å². The molecule has 0 fully saturated rings. The Labute approximate surface area is 76.0 Å². The van der Waals surface area contributed by atoms with Crippen molar-refractivity contribution in [1.82, 2.24) is 0 Å². The number of hydrogen-bond donors (Lipinski definition) is 0.